The summed E-state index contributed by atoms with van der Waals surface area (Å²) < 4.78 is 8.80. The standard InChI is InChI=1S/C13H11NO4.3C7H7.Sn/c15-11-6-7-12(16)14(11)10(13(17)18)8-9-4-2-1-3-5-9;3*1-7-5-3-2-4-6-7;/h1-7,10H,8H2,(H,17,18);3*2-6H,1H2;/q;;;;+1/p-1. The number of hydrogen-bond acceptors (Lipinski definition) is 4. The Labute approximate surface area is 239 Å². The Morgan fingerprint density at radius 2 is 0.925 bits per heavy atom. The molecule has 0 bridgehead atoms. The summed E-state index contributed by atoms with van der Waals surface area (Å²) >= 11 is -4.00. The molecule has 0 aromatic heterocycles. The van der Waals surface area contributed by atoms with Crippen LogP contribution in [0.25, 0.3) is 0 Å². The third kappa shape index (κ3) is 6.96. The fourth-order valence-corrected chi connectivity index (χ4v) is 17.0. The van der Waals surface area contributed by atoms with Crippen LogP contribution in [0.5, 0.6) is 0 Å². The molecular weight excluding hydrogens is 605 g/mol. The van der Waals surface area contributed by atoms with E-state index in [9.17, 15) is 14.4 Å². The third-order valence-electron chi connectivity index (χ3n) is 7.12. The molecule has 5 rings (SSSR count). The fourth-order valence-electron chi connectivity index (χ4n) is 5.32. The summed E-state index contributed by atoms with van der Waals surface area (Å²) in [6.45, 7) is 0. The average molecular weight is 636 g/mol. The van der Waals surface area contributed by atoms with Gasteiger partial charge >= 0.3 is 240 Å². The van der Waals surface area contributed by atoms with Crippen molar-refractivity contribution in [2.75, 3.05) is 0 Å². The number of imide groups is 1. The zero-order chi connectivity index (χ0) is 27.8. The minimum absolute atomic E-state index is 0.197. The van der Waals surface area contributed by atoms with Crippen molar-refractivity contribution < 1.29 is 17.5 Å². The summed E-state index contributed by atoms with van der Waals surface area (Å²) in [4.78, 5) is 40.9. The topological polar surface area (TPSA) is 63.7 Å². The SMILES string of the molecule is O=C([O][Sn]([CH2]c1ccccc1)([CH2]c1ccccc1)[CH2]c1ccccc1)C(Cc1ccccc1)N1C(=O)C=CC1=O. The van der Waals surface area contributed by atoms with E-state index in [1.54, 1.807) is 0 Å². The molecule has 2 amide bonds. The van der Waals surface area contributed by atoms with Gasteiger partial charge < -0.3 is 0 Å². The number of carbonyl (C=O) groups excluding carboxylic acids is 3. The second-order valence-electron chi connectivity index (χ2n) is 10.2. The Morgan fingerprint density at radius 1 is 0.575 bits per heavy atom. The summed E-state index contributed by atoms with van der Waals surface area (Å²) in [5.74, 6) is -1.48. The van der Waals surface area contributed by atoms with Crippen LogP contribution in [0.4, 0.5) is 0 Å². The molecule has 1 unspecified atom stereocenters. The molecule has 4 aromatic rings. The first-order valence-corrected chi connectivity index (χ1v) is 20.7. The van der Waals surface area contributed by atoms with Gasteiger partial charge in [-0.1, -0.05) is 0 Å². The molecule has 0 N–H and O–H groups in total. The Hall–Kier alpha value is -3.97. The first-order chi connectivity index (χ1) is 19.5. The fraction of sp³-hybridized carbons (Fsp3) is 0.147. The summed E-state index contributed by atoms with van der Waals surface area (Å²) in [7, 11) is 0. The van der Waals surface area contributed by atoms with Gasteiger partial charge in [0.05, 0.1) is 0 Å². The second-order valence-corrected chi connectivity index (χ2v) is 20.5. The van der Waals surface area contributed by atoms with Crippen molar-refractivity contribution in [1.82, 2.24) is 4.90 Å². The molecule has 1 atom stereocenters. The molecule has 0 fully saturated rings. The van der Waals surface area contributed by atoms with Gasteiger partial charge in [-0.2, -0.15) is 0 Å². The first kappa shape index (κ1) is 27.6. The summed E-state index contributed by atoms with van der Waals surface area (Å²) in [5.41, 5.74) is 4.21. The van der Waals surface area contributed by atoms with Gasteiger partial charge in [0.2, 0.25) is 0 Å². The van der Waals surface area contributed by atoms with Gasteiger partial charge in [-0.05, 0) is 0 Å². The van der Waals surface area contributed by atoms with Crippen LogP contribution < -0.4 is 0 Å². The molecule has 1 heterocycles. The summed E-state index contributed by atoms with van der Waals surface area (Å²) in [6.07, 6.45) is 2.65. The van der Waals surface area contributed by atoms with E-state index in [2.05, 4.69) is 36.4 Å². The van der Waals surface area contributed by atoms with Gasteiger partial charge in [-0.3, -0.25) is 0 Å². The molecule has 0 radical (unpaired) electrons. The van der Waals surface area contributed by atoms with Crippen LogP contribution in [0.1, 0.15) is 22.3 Å². The van der Waals surface area contributed by atoms with Crippen LogP contribution in [0.15, 0.2) is 133 Å². The van der Waals surface area contributed by atoms with E-state index in [0.717, 1.165) is 27.2 Å². The van der Waals surface area contributed by atoms with Crippen molar-refractivity contribution in [3.63, 3.8) is 0 Å². The van der Waals surface area contributed by atoms with Gasteiger partial charge in [-0.15, -0.1) is 0 Å². The molecule has 1 aliphatic rings. The van der Waals surface area contributed by atoms with Crippen LogP contribution in [-0.2, 0) is 37.2 Å². The monoisotopic (exact) mass is 637 g/mol. The van der Waals surface area contributed by atoms with Gasteiger partial charge in [-0.25, -0.2) is 0 Å². The van der Waals surface area contributed by atoms with Crippen LogP contribution in [0.2, 0.25) is 0 Å². The summed E-state index contributed by atoms with van der Waals surface area (Å²) in [5, 5.41) is 0. The van der Waals surface area contributed by atoms with Gasteiger partial charge in [0.25, 0.3) is 0 Å². The average Bonchev–Trinajstić information content (AvgIpc) is 3.31. The van der Waals surface area contributed by atoms with E-state index in [1.807, 2.05) is 84.9 Å². The Balaban J connectivity index is 1.55. The molecule has 200 valence electrons. The van der Waals surface area contributed by atoms with Gasteiger partial charge in [0.15, 0.2) is 0 Å². The molecule has 0 aliphatic carbocycles. The number of benzene rings is 4. The molecular formula is C34H31NO4Sn. The third-order valence-corrected chi connectivity index (χ3v) is 17.9. The van der Waals surface area contributed by atoms with Crippen LogP contribution in [0, 0.1) is 0 Å². The van der Waals surface area contributed by atoms with E-state index < -0.39 is 42.6 Å². The molecule has 40 heavy (non-hydrogen) atoms. The van der Waals surface area contributed by atoms with Gasteiger partial charge in [0.1, 0.15) is 0 Å². The number of rotatable bonds is 11. The maximum atomic E-state index is 14.3. The van der Waals surface area contributed by atoms with E-state index in [0.29, 0.717) is 13.3 Å². The Morgan fingerprint density at radius 3 is 1.30 bits per heavy atom. The van der Waals surface area contributed by atoms with E-state index in [4.69, 9.17) is 3.07 Å². The molecule has 4 aromatic carbocycles. The molecule has 0 saturated heterocycles. The van der Waals surface area contributed by atoms with Crippen molar-refractivity contribution in [2.24, 2.45) is 0 Å². The second kappa shape index (κ2) is 12.9. The molecule has 5 nitrogen and oxygen atoms in total. The van der Waals surface area contributed by atoms with Crippen molar-refractivity contribution in [2.45, 2.75) is 25.8 Å². The van der Waals surface area contributed by atoms with Crippen LogP contribution in [-0.4, -0.2) is 47.5 Å². The predicted octanol–water partition coefficient (Wildman–Crippen LogP) is 5.36. The van der Waals surface area contributed by atoms with E-state index in [-0.39, 0.29) is 6.42 Å². The van der Waals surface area contributed by atoms with Crippen molar-refractivity contribution >= 4 is 36.6 Å². The normalized spacial score (nSPS) is 13.8. The van der Waals surface area contributed by atoms with E-state index >= 15 is 0 Å². The van der Waals surface area contributed by atoms with Gasteiger partial charge in [0, 0.05) is 0 Å². The number of carbonyl (C=O) groups is 3. The van der Waals surface area contributed by atoms with Crippen molar-refractivity contribution in [1.29, 1.82) is 0 Å². The molecule has 0 saturated carbocycles. The zero-order valence-electron chi connectivity index (χ0n) is 22.2. The molecule has 6 heteroatoms. The quantitative estimate of drug-likeness (QED) is 0.165. The minimum atomic E-state index is -4.00. The zero-order valence-corrected chi connectivity index (χ0v) is 25.0. The number of amides is 2. The molecule has 1 aliphatic heterocycles. The van der Waals surface area contributed by atoms with Crippen LogP contribution in [0.3, 0.4) is 0 Å². The predicted molar refractivity (Wildman–Crippen MR) is 157 cm³/mol. The number of nitrogens with zero attached hydrogens (tertiary/aromatic N) is 1. The first-order valence-electron chi connectivity index (χ1n) is 13.5. The summed E-state index contributed by atoms with van der Waals surface area (Å²) in [6, 6.07) is 38.8. The van der Waals surface area contributed by atoms with Crippen LogP contribution >= 0.6 is 0 Å². The van der Waals surface area contributed by atoms with Crippen molar-refractivity contribution in [3.05, 3.63) is 156 Å². The van der Waals surface area contributed by atoms with Crippen molar-refractivity contribution in [3.8, 4) is 0 Å². The molecule has 0 spiro atoms. The number of hydrogen-bond donors (Lipinski definition) is 0. The Kier molecular flexibility index (Phi) is 8.91. The maximum absolute atomic E-state index is 14.3. The Bertz CT molecular complexity index is 1350. The van der Waals surface area contributed by atoms with E-state index in [1.165, 1.54) is 12.2 Å².